The van der Waals surface area contributed by atoms with E-state index < -0.39 is 0 Å². The van der Waals surface area contributed by atoms with Gasteiger partial charge in [0.15, 0.2) is 0 Å². The molecule has 2 heterocycles. The third kappa shape index (κ3) is 4.45. The summed E-state index contributed by atoms with van der Waals surface area (Å²) >= 11 is 0. The van der Waals surface area contributed by atoms with Crippen LogP contribution in [0.3, 0.4) is 0 Å². The zero-order chi connectivity index (χ0) is 14.7. The molecule has 2 aromatic rings. The molecule has 23 heavy (non-hydrogen) atoms. The Labute approximate surface area is 151 Å². The molecule has 1 fully saturated rings. The Morgan fingerprint density at radius 2 is 1.87 bits per heavy atom. The topological polar surface area (TPSA) is 42.2 Å². The molecular formula is C18H25Cl2N3. The van der Waals surface area contributed by atoms with Gasteiger partial charge in [-0.2, -0.15) is 0 Å². The van der Waals surface area contributed by atoms with Gasteiger partial charge < -0.3 is 5.73 Å². The first-order chi connectivity index (χ1) is 10.3. The number of nitrogens with zero attached hydrogens (tertiary/aromatic N) is 2. The lowest BCUT2D eigenvalue weighted by molar-refractivity contribution is 0.252. The predicted octanol–water partition coefficient (Wildman–Crippen LogP) is 3.66. The maximum absolute atomic E-state index is 6.02. The molecule has 5 heteroatoms. The molecule has 0 radical (unpaired) electrons. The van der Waals surface area contributed by atoms with Crippen molar-refractivity contribution in [3.05, 3.63) is 66.0 Å². The molecule has 1 aliphatic heterocycles. The Hall–Kier alpha value is -1.13. The van der Waals surface area contributed by atoms with Gasteiger partial charge in [0.2, 0.25) is 0 Å². The number of aromatic nitrogens is 1. The fourth-order valence-corrected chi connectivity index (χ4v) is 3.37. The van der Waals surface area contributed by atoms with E-state index in [1.165, 1.54) is 11.1 Å². The standard InChI is InChI=1S/C18H23N3.2ClH/c1-14(16-8-5-9-20-11-16)21-12-17(10-19)18(13-21)15-6-3-2-4-7-15;;/h2-9,11,14,17-18H,10,12-13,19H2,1H3;2*1H/t14?,17-,18+;;/m1../s1. The summed E-state index contributed by atoms with van der Waals surface area (Å²) in [5.74, 6) is 1.07. The van der Waals surface area contributed by atoms with Crippen molar-refractivity contribution in [2.75, 3.05) is 19.6 Å². The van der Waals surface area contributed by atoms with Crippen LogP contribution >= 0.6 is 24.8 Å². The molecule has 3 atom stereocenters. The molecule has 2 N–H and O–H groups in total. The van der Waals surface area contributed by atoms with E-state index in [2.05, 4.69) is 53.2 Å². The summed E-state index contributed by atoms with van der Waals surface area (Å²) in [4.78, 5) is 6.78. The maximum Gasteiger partial charge on any atom is 0.0335 e. The molecule has 0 spiro atoms. The molecule has 126 valence electrons. The van der Waals surface area contributed by atoms with Crippen molar-refractivity contribution in [2.24, 2.45) is 11.7 Å². The van der Waals surface area contributed by atoms with Gasteiger partial charge in [0.1, 0.15) is 0 Å². The molecule has 3 nitrogen and oxygen atoms in total. The van der Waals surface area contributed by atoms with Crippen LogP contribution in [-0.2, 0) is 0 Å². The van der Waals surface area contributed by atoms with Crippen LogP contribution in [-0.4, -0.2) is 29.5 Å². The van der Waals surface area contributed by atoms with Gasteiger partial charge in [0.25, 0.3) is 0 Å². The second-order valence-electron chi connectivity index (χ2n) is 5.93. The summed E-state index contributed by atoms with van der Waals surface area (Å²) in [5.41, 5.74) is 8.71. The van der Waals surface area contributed by atoms with E-state index >= 15 is 0 Å². The molecule has 0 aliphatic carbocycles. The third-order valence-corrected chi connectivity index (χ3v) is 4.71. The number of halogens is 2. The molecule has 0 saturated carbocycles. The van der Waals surface area contributed by atoms with Crippen LogP contribution in [0.4, 0.5) is 0 Å². The minimum absolute atomic E-state index is 0. The van der Waals surface area contributed by atoms with Crippen LogP contribution in [0.25, 0.3) is 0 Å². The van der Waals surface area contributed by atoms with Gasteiger partial charge in [-0.05, 0) is 36.6 Å². The summed E-state index contributed by atoms with van der Waals surface area (Å²) in [6.07, 6.45) is 3.80. The van der Waals surface area contributed by atoms with Crippen molar-refractivity contribution in [3.63, 3.8) is 0 Å². The van der Waals surface area contributed by atoms with Crippen LogP contribution in [0, 0.1) is 5.92 Å². The van der Waals surface area contributed by atoms with Gasteiger partial charge in [-0.25, -0.2) is 0 Å². The molecule has 1 aliphatic rings. The Morgan fingerprint density at radius 3 is 2.48 bits per heavy atom. The van der Waals surface area contributed by atoms with Crippen molar-refractivity contribution < 1.29 is 0 Å². The average molecular weight is 354 g/mol. The summed E-state index contributed by atoms with van der Waals surface area (Å²) in [7, 11) is 0. The van der Waals surface area contributed by atoms with E-state index in [0.29, 0.717) is 17.9 Å². The summed E-state index contributed by atoms with van der Waals surface area (Å²) in [5, 5.41) is 0. The van der Waals surface area contributed by atoms with Gasteiger partial charge in [-0.3, -0.25) is 9.88 Å². The molecule has 1 saturated heterocycles. The first-order valence-corrected chi connectivity index (χ1v) is 7.68. The maximum atomic E-state index is 6.02. The van der Waals surface area contributed by atoms with Crippen LogP contribution in [0.1, 0.15) is 30.0 Å². The fraction of sp³-hybridized carbons (Fsp3) is 0.389. The molecule has 3 rings (SSSR count). The first-order valence-electron chi connectivity index (χ1n) is 7.68. The Kier molecular flexibility index (Phi) is 8.00. The van der Waals surface area contributed by atoms with Crippen LogP contribution in [0.2, 0.25) is 0 Å². The van der Waals surface area contributed by atoms with Gasteiger partial charge >= 0.3 is 0 Å². The minimum atomic E-state index is 0. The second kappa shape index (κ2) is 9.24. The number of rotatable bonds is 4. The number of hydrogen-bond donors (Lipinski definition) is 1. The average Bonchev–Trinajstić information content (AvgIpc) is 3.00. The molecule has 1 aromatic carbocycles. The number of hydrogen-bond acceptors (Lipinski definition) is 3. The van der Waals surface area contributed by atoms with Gasteiger partial charge in [0, 0.05) is 37.4 Å². The van der Waals surface area contributed by atoms with Crippen molar-refractivity contribution >= 4 is 24.8 Å². The van der Waals surface area contributed by atoms with E-state index in [9.17, 15) is 0 Å². The quantitative estimate of drug-likeness (QED) is 0.911. The molecule has 0 amide bonds. The van der Waals surface area contributed by atoms with E-state index in [1.807, 2.05) is 18.5 Å². The number of benzene rings is 1. The Bertz CT molecular complexity index is 565. The largest absolute Gasteiger partial charge is 0.330 e. The smallest absolute Gasteiger partial charge is 0.0335 e. The predicted molar refractivity (Wildman–Crippen MR) is 100 cm³/mol. The Morgan fingerprint density at radius 1 is 1.13 bits per heavy atom. The lowest BCUT2D eigenvalue weighted by Crippen LogP contribution is -2.26. The van der Waals surface area contributed by atoms with E-state index in [4.69, 9.17) is 5.73 Å². The number of pyridine rings is 1. The van der Waals surface area contributed by atoms with Crippen LogP contribution < -0.4 is 5.73 Å². The number of likely N-dealkylation sites (tertiary alicyclic amines) is 1. The molecule has 0 bridgehead atoms. The summed E-state index contributed by atoms with van der Waals surface area (Å²) in [6, 6.07) is 15.3. The molecule has 1 aromatic heterocycles. The van der Waals surface area contributed by atoms with Gasteiger partial charge in [-0.15, -0.1) is 24.8 Å². The monoisotopic (exact) mass is 353 g/mol. The van der Waals surface area contributed by atoms with E-state index in [1.54, 1.807) is 0 Å². The highest BCUT2D eigenvalue weighted by Gasteiger charge is 2.35. The molecule has 1 unspecified atom stereocenters. The van der Waals surface area contributed by atoms with Crippen molar-refractivity contribution in [2.45, 2.75) is 18.9 Å². The van der Waals surface area contributed by atoms with Crippen LogP contribution in [0.15, 0.2) is 54.9 Å². The highest BCUT2D eigenvalue weighted by Crippen LogP contribution is 2.36. The minimum Gasteiger partial charge on any atom is -0.330 e. The van der Waals surface area contributed by atoms with E-state index in [-0.39, 0.29) is 24.8 Å². The normalized spacial score (nSPS) is 22.0. The van der Waals surface area contributed by atoms with Crippen molar-refractivity contribution in [1.29, 1.82) is 0 Å². The Balaban J connectivity index is 0.00000132. The van der Waals surface area contributed by atoms with Crippen molar-refractivity contribution in [3.8, 4) is 0 Å². The zero-order valence-corrected chi connectivity index (χ0v) is 15.0. The van der Waals surface area contributed by atoms with E-state index in [0.717, 1.165) is 19.6 Å². The first kappa shape index (κ1) is 19.9. The fourth-order valence-electron chi connectivity index (χ4n) is 3.37. The summed E-state index contributed by atoms with van der Waals surface area (Å²) < 4.78 is 0. The van der Waals surface area contributed by atoms with Crippen LogP contribution in [0.5, 0.6) is 0 Å². The van der Waals surface area contributed by atoms with Crippen molar-refractivity contribution in [1.82, 2.24) is 9.88 Å². The number of nitrogens with two attached hydrogens (primary N) is 1. The highest BCUT2D eigenvalue weighted by atomic mass is 35.5. The SMILES string of the molecule is CC(c1cccnc1)N1C[C@@H](CN)[C@H](c2ccccc2)C1.Cl.Cl. The lowest BCUT2D eigenvalue weighted by atomic mass is 9.89. The second-order valence-corrected chi connectivity index (χ2v) is 5.93. The summed E-state index contributed by atoms with van der Waals surface area (Å²) in [6.45, 7) is 5.14. The lowest BCUT2D eigenvalue weighted by Gasteiger charge is -2.24. The van der Waals surface area contributed by atoms with Gasteiger partial charge in [0.05, 0.1) is 0 Å². The third-order valence-electron chi connectivity index (χ3n) is 4.71. The molecular weight excluding hydrogens is 329 g/mol. The van der Waals surface area contributed by atoms with Gasteiger partial charge in [-0.1, -0.05) is 36.4 Å². The highest BCUT2D eigenvalue weighted by molar-refractivity contribution is 5.85. The zero-order valence-electron chi connectivity index (χ0n) is 13.3.